The summed E-state index contributed by atoms with van der Waals surface area (Å²) >= 11 is 0. The summed E-state index contributed by atoms with van der Waals surface area (Å²) in [4.78, 5) is 20.2. The molecule has 0 atom stereocenters. The fraction of sp³-hybridized carbons (Fsp3) is 0.118. The first-order chi connectivity index (χ1) is 12.2. The Morgan fingerprint density at radius 1 is 1.27 bits per heavy atom. The number of nitrogens with two attached hydrogens (primary N) is 1. The van der Waals surface area contributed by atoms with Crippen LogP contribution in [0.15, 0.2) is 46.2 Å². The summed E-state index contributed by atoms with van der Waals surface area (Å²) in [5.41, 5.74) is 3.89. The number of aromatic hydroxyl groups is 1. The summed E-state index contributed by atoms with van der Waals surface area (Å²) in [6, 6.07) is 7.51. The molecule has 2 heterocycles. The Hall–Kier alpha value is -3.36. The highest BCUT2D eigenvalue weighted by Gasteiger charge is 2.33. The molecular formula is C17H13F3N4O2. The molecule has 0 fully saturated rings. The first-order valence-corrected chi connectivity index (χ1v) is 7.38. The van der Waals surface area contributed by atoms with Gasteiger partial charge in [0.05, 0.1) is 5.69 Å². The van der Waals surface area contributed by atoms with Crippen LogP contribution >= 0.6 is 0 Å². The van der Waals surface area contributed by atoms with Crippen LogP contribution in [0.3, 0.4) is 0 Å². The van der Waals surface area contributed by atoms with Crippen LogP contribution in [0.1, 0.15) is 11.3 Å². The normalized spacial score (nSPS) is 12.2. The molecule has 6 nitrogen and oxygen atoms in total. The van der Waals surface area contributed by atoms with Gasteiger partial charge in [-0.2, -0.15) is 13.2 Å². The minimum Gasteiger partial charge on any atom is -0.508 e. The van der Waals surface area contributed by atoms with Crippen molar-refractivity contribution in [2.24, 2.45) is 4.99 Å². The number of aliphatic imine (C=N–C) groups is 1. The van der Waals surface area contributed by atoms with Gasteiger partial charge in [-0.3, -0.25) is 14.4 Å². The Kier molecular flexibility index (Phi) is 4.15. The average Bonchev–Trinajstić information content (AvgIpc) is 2.58. The molecule has 0 aliphatic carbocycles. The zero-order chi connectivity index (χ0) is 19.1. The fourth-order valence-corrected chi connectivity index (χ4v) is 2.60. The lowest BCUT2D eigenvalue weighted by Crippen LogP contribution is -2.25. The lowest BCUT2D eigenvalue weighted by atomic mass is 10.1. The molecule has 0 unspecified atom stereocenters. The highest BCUT2D eigenvalue weighted by Crippen LogP contribution is 2.31. The Morgan fingerprint density at radius 2 is 2.00 bits per heavy atom. The standard InChI is InChI=1S/C17H13F3N4O2/c1-22-8-12-11-5-6-13(17(18,19)20)23-15(11)24(16(26)14(12)21)9-3-2-4-10(25)7-9/h2-8,25H,21H2,1H3. The van der Waals surface area contributed by atoms with Crippen LogP contribution in [-0.4, -0.2) is 27.9 Å². The van der Waals surface area contributed by atoms with Gasteiger partial charge in [-0.05, 0) is 24.3 Å². The minimum atomic E-state index is -4.69. The van der Waals surface area contributed by atoms with Gasteiger partial charge in [0, 0.05) is 30.3 Å². The molecule has 0 bridgehead atoms. The molecule has 26 heavy (non-hydrogen) atoms. The number of rotatable bonds is 2. The molecule has 0 saturated carbocycles. The van der Waals surface area contributed by atoms with Crippen molar-refractivity contribution in [3.8, 4) is 11.4 Å². The number of pyridine rings is 2. The van der Waals surface area contributed by atoms with Crippen molar-refractivity contribution in [3.63, 3.8) is 0 Å². The predicted octanol–water partition coefficient (Wildman–Crippen LogP) is 2.74. The van der Waals surface area contributed by atoms with Gasteiger partial charge in [-0.25, -0.2) is 4.98 Å². The monoisotopic (exact) mass is 362 g/mol. The van der Waals surface area contributed by atoms with Gasteiger partial charge >= 0.3 is 6.18 Å². The van der Waals surface area contributed by atoms with Crippen LogP contribution in [0.2, 0.25) is 0 Å². The average molecular weight is 362 g/mol. The van der Waals surface area contributed by atoms with E-state index < -0.39 is 17.4 Å². The quantitative estimate of drug-likeness (QED) is 0.686. The Labute approximate surface area is 145 Å². The van der Waals surface area contributed by atoms with E-state index in [1.807, 2.05) is 0 Å². The molecular weight excluding hydrogens is 349 g/mol. The Bertz CT molecular complexity index is 1090. The minimum absolute atomic E-state index is 0.138. The predicted molar refractivity (Wildman–Crippen MR) is 91.9 cm³/mol. The SMILES string of the molecule is CN=Cc1c(N)c(=O)n(-c2cccc(O)c2)c2nc(C(F)(F)F)ccc12. The lowest BCUT2D eigenvalue weighted by Gasteiger charge is -2.15. The van der Waals surface area contributed by atoms with Gasteiger partial charge < -0.3 is 10.8 Å². The van der Waals surface area contributed by atoms with E-state index in [2.05, 4.69) is 9.98 Å². The van der Waals surface area contributed by atoms with E-state index in [-0.39, 0.29) is 33.7 Å². The van der Waals surface area contributed by atoms with Gasteiger partial charge in [0.15, 0.2) is 0 Å². The van der Waals surface area contributed by atoms with Crippen molar-refractivity contribution in [2.75, 3.05) is 12.8 Å². The van der Waals surface area contributed by atoms with Gasteiger partial charge in [-0.1, -0.05) is 6.07 Å². The van der Waals surface area contributed by atoms with E-state index in [0.29, 0.717) is 0 Å². The van der Waals surface area contributed by atoms with Crippen LogP contribution in [-0.2, 0) is 6.18 Å². The van der Waals surface area contributed by atoms with Crippen LogP contribution in [0.5, 0.6) is 5.75 Å². The second-order valence-electron chi connectivity index (χ2n) is 5.44. The number of fused-ring (bicyclic) bond motifs is 1. The van der Waals surface area contributed by atoms with E-state index in [1.54, 1.807) is 0 Å². The first-order valence-electron chi connectivity index (χ1n) is 7.38. The number of anilines is 1. The maximum atomic E-state index is 13.1. The van der Waals surface area contributed by atoms with Crippen molar-refractivity contribution >= 4 is 22.9 Å². The molecule has 3 N–H and O–H groups in total. The van der Waals surface area contributed by atoms with Crippen molar-refractivity contribution in [1.82, 2.24) is 9.55 Å². The summed E-state index contributed by atoms with van der Waals surface area (Å²) in [7, 11) is 1.45. The van der Waals surface area contributed by atoms with E-state index in [1.165, 1.54) is 43.6 Å². The van der Waals surface area contributed by atoms with Gasteiger partial charge in [-0.15, -0.1) is 0 Å². The largest absolute Gasteiger partial charge is 0.508 e. The molecule has 0 aliphatic rings. The summed E-state index contributed by atoms with van der Waals surface area (Å²) < 4.78 is 40.2. The topological polar surface area (TPSA) is 93.5 Å². The fourth-order valence-electron chi connectivity index (χ4n) is 2.60. The van der Waals surface area contributed by atoms with Gasteiger partial charge in [0.2, 0.25) is 0 Å². The molecule has 2 aromatic heterocycles. The second-order valence-corrected chi connectivity index (χ2v) is 5.44. The third kappa shape index (κ3) is 2.87. The van der Waals surface area contributed by atoms with E-state index >= 15 is 0 Å². The third-order valence-electron chi connectivity index (χ3n) is 3.74. The molecule has 1 aromatic carbocycles. The number of nitrogens with zero attached hydrogens (tertiary/aromatic N) is 3. The summed E-state index contributed by atoms with van der Waals surface area (Å²) in [6.45, 7) is 0. The molecule has 9 heteroatoms. The second kappa shape index (κ2) is 6.17. The zero-order valence-electron chi connectivity index (χ0n) is 13.4. The maximum absolute atomic E-state index is 13.1. The third-order valence-corrected chi connectivity index (χ3v) is 3.74. The molecule has 0 radical (unpaired) electrons. The number of benzene rings is 1. The molecule has 3 rings (SSSR count). The number of aromatic nitrogens is 2. The van der Waals surface area contributed by atoms with Gasteiger partial charge in [0.1, 0.15) is 22.8 Å². The van der Waals surface area contributed by atoms with Crippen LogP contribution in [0.25, 0.3) is 16.7 Å². The van der Waals surface area contributed by atoms with Crippen molar-refractivity contribution in [1.29, 1.82) is 0 Å². The van der Waals surface area contributed by atoms with Crippen molar-refractivity contribution in [3.05, 3.63) is 58.0 Å². The highest BCUT2D eigenvalue weighted by atomic mass is 19.4. The molecule has 0 saturated heterocycles. The van der Waals surface area contributed by atoms with E-state index in [4.69, 9.17) is 5.73 Å². The Balaban J connectivity index is 2.51. The van der Waals surface area contributed by atoms with Crippen molar-refractivity contribution in [2.45, 2.75) is 6.18 Å². The van der Waals surface area contributed by atoms with E-state index in [9.17, 15) is 23.1 Å². The molecule has 3 aromatic rings. The zero-order valence-corrected chi connectivity index (χ0v) is 13.4. The number of nitrogen functional groups attached to an aromatic ring is 1. The number of halogens is 3. The summed E-state index contributed by atoms with van der Waals surface area (Å²) in [5.74, 6) is -0.160. The first kappa shape index (κ1) is 17.5. The summed E-state index contributed by atoms with van der Waals surface area (Å²) in [6.07, 6.45) is -3.39. The molecule has 0 aliphatic heterocycles. The highest BCUT2D eigenvalue weighted by molar-refractivity contribution is 6.02. The Morgan fingerprint density at radius 3 is 2.62 bits per heavy atom. The molecule has 134 valence electrons. The molecule has 0 amide bonds. The van der Waals surface area contributed by atoms with Crippen LogP contribution < -0.4 is 11.3 Å². The maximum Gasteiger partial charge on any atom is 0.433 e. The van der Waals surface area contributed by atoms with Gasteiger partial charge in [0.25, 0.3) is 5.56 Å². The van der Waals surface area contributed by atoms with Crippen LogP contribution in [0, 0.1) is 0 Å². The summed E-state index contributed by atoms with van der Waals surface area (Å²) in [5, 5.41) is 9.89. The number of hydrogen-bond acceptors (Lipinski definition) is 5. The molecule has 0 spiro atoms. The number of phenols is 1. The van der Waals surface area contributed by atoms with Crippen LogP contribution in [0.4, 0.5) is 18.9 Å². The van der Waals surface area contributed by atoms with E-state index in [0.717, 1.165) is 10.6 Å². The smallest absolute Gasteiger partial charge is 0.433 e. The number of alkyl halides is 3. The lowest BCUT2D eigenvalue weighted by molar-refractivity contribution is -0.141. The number of hydrogen-bond donors (Lipinski definition) is 2. The van der Waals surface area contributed by atoms with Crippen molar-refractivity contribution < 1.29 is 18.3 Å². The number of phenolic OH excluding ortho intramolecular Hbond substituents is 1.